The smallest absolute Gasteiger partial charge is 0.267 e. The molecule has 0 atom stereocenters. The molecule has 1 amide bonds. The zero-order valence-electron chi connectivity index (χ0n) is 9.67. The number of rotatable bonds is 4. The lowest BCUT2D eigenvalue weighted by Crippen LogP contribution is -2.12. The van der Waals surface area contributed by atoms with E-state index in [9.17, 15) is 9.59 Å². The molecule has 0 unspecified atom stereocenters. The number of pyridine rings is 1. The van der Waals surface area contributed by atoms with Crippen molar-refractivity contribution in [3.63, 3.8) is 0 Å². The molecular weight excluding hydrogens is 268 g/mol. The summed E-state index contributed by atoms with van der Waals surface area (Å²) in [6, 6.07) is 7.66. The topological polar surface area (TPSA) is 82.3 Å². The summed E-state index contributed by atoms with van der Waals surface area (Å²) in [6.07, 6.45) is 2.06. The molecule has 0 fully saturated rings. The van der Waals surface area contributed by atoms with Crippen LogP contribution in [0.3, 0.4) is 0 Å². The molecule has 5 nitrogen and oxygen atoms in total. The molecular formula is C13H9ClN2O3. The number of aromatic nitrogens is 1. The molecule has 0 radical (unpaired) electrons. The van der Waals surface area contributed by atoms with Gasteiger partial charge < -0.3 is 10.5 Å². The van der Waals surface area contributed by atoms with Crippen LogP contribution >= 0.6 is 11.6 Å². The predicted molar refractivity (Wildman–Crippen MR) is 69.7 cm³/mol. The van der Waals surface area contributed by atoms with Gasteiger partial charge in [0, 0.05) is 5.56 Å². The summed E-state index contributed by atoms with van der Waals surface area (Å²) in [5.74, 6) is 0.187. The Hall–Kier alpha value is -2.40. The number of hydrogen-bond donors (Lipinski definition) is 1. The Bertz CT molecular complexity index is 626. The first-order valence-corrected chi connectivity index (χ1v) is 5.66. The largest absolute Gasteiger partial charge is 0.454 e. The zero-order valence-corrected chi connectivity index (χ0v) is 10.4. The van der Waals surface area contributed by atoms with E-state index in [1.165, 1.54) is 18.3 Å². The van der Waals surface area contributed by atoms with Crippen molar-refractivity contribution in [1.82, 2.24) is 4.98 Å². The van der Waals surface area contributed by atoms with Crippen LogP contribution in [-0.2, 0) is 0 Å². The fourth-order valence-corrected chi connectivity index (χ4v) is 1.61. The Kier molecular flexibility index (Phi) is 3.77. The van der Waals surface area contributed by atoms with E-state index in [-0.39, 0.29) is 5.69 Å². The molecule has 0 saturated heterocycles. The van der Waals surface area contributed by atoms with Gasteiger partial charge in [0.1, 0.15) is 23.5 Å². The summed E-state index contributed by atoms with van der Waals surface area (Å²) in [4.78, 5) is 25.3. The molecule has 1 aromatic carbocycles. The third kappa shape index (κ3) is 3.08. The van der Waals surface area contributed by atoms with Crippen LogP contribution in [-0.4, -0.2) is 17.2 Å². The molecule has 1 heterocycles. The van der Waals surface area contributed by atoms with Crippen molar-refractivity contribution in [3.8, 4) is 11.5 Å². The minimum absolute atomic E-state index is 0.148. The van der Waals surface area contributed by atoms with Crippen LogP contribution in [0, 0.1) is 0 Å². The number of carbonyl (C=O) groups excluding carboxylic acids is 2. The number of halogens is 1. The molecule has 2 aromatic rings. The minimum atomic E-state index is -0.611. The lowest BCUT2D eigenvalue weighted by atomic mass is 10.2. The molecule has 96 valence electrons. The van der Waals surface area contributed by atoms with Gasteiger partial charge in [-0.2, -0.15) is 0 Å². The number of carbonyl (C=O) groups is 2. The van der Waals surface area contributed by atoms with Crippen LogP contribution in [0.1, 0.15) is 20.8 Å². The van der Waals surface area contributed by atoms with E-state index in [0.717, 1.165) is 0 Å². The molecule has 0 aliphatic rings. The zero-order chi connectivity index (χ0) is 13.8. The Balaban J connectivity index is 2.21. The number of amides is 1. The van der Waals surface area contributed by atoms with Gasteiger partial charge in [0.05, 0.1) is 11.2 Å². The van der Waals surface area contributed by atoms with Gasteiger partial charge in [0.15, 0.2) is 0 Å². The van der Waals surface area contributed by atoms with E-state index in [1.807, 2.05) is 0 Å². The van der Waals surface area contributed by atoms with Crippen LogP contribution in [0.4, 0.5) is 0 Å². The molecule has 19 heavy (non-hydrogen) atoms. The van der Waals surface area contributed by atoms with Gasteiger partial charge in [-0.3, -0.25) is 9.59 Å². The van der Waals surface area contributed by atoms with Gasteiger partial charge >= 0.3 is 0 Å². The molecule has 2 N–H and O–H groups in total. The Morgan fingerprint density at radius 2 is 2.11 bits per heavy atom. The summed E-state index contributed by atoms with van der Waals surface area (Å²) < 4.78 is 5.48. The number of nitrogens with two attached hydrogens (primary N) is 1. The van der Waals surface area contributed by atoms with Crippen LogP contribution < -0.4 is 10.5 Å². The molecule has 0 aliphatic carbocycles. The van der Waals surface area contributed by atoms with Crippen molar-refractivity contribution in [2.45, 2.75) is 0 Å². The number of hydrogen-bond acceptors (Lipinski definition) is 4. The average molecular weight is 277 g/mol. The molecule has 0 aliphatic heterocycles. The fraction of sp³-hybridized carbons (Fsp3) is 0. The summed E-state index contributed by atoms with van der Waals surface area (Å²) in [6.45, 7) is 0. The minimum Gasteiger partial charge on any atom is -0.454 e. The monoisotopic (exact) mass is 276 g/mol. The highest BCUT2D eigenvalue weighted by molar-refractivity contribution is 6.32. The third-order valence-corrected chi connectivity index (χ3v) is 2.60. The lowest BCUT2D eigenvalue weighted by molar-refractivity contribution is 0.0995. The SMILES string of the molecule is NC(=O)c1ccc(Oc2ccc(C=O)cc2Cl)cn1. The Morgan fingerprint density at radius 3 is 2.63 bits per heavy atom. The van der Waals surface area contributed by atoms with Crippen molar-refractivity contribution in [3.05, 3.63) is 52.8 Å². The molecule has 2 rings (SSSR count). The van der Waals surface area contributed by atoms with Gasteiger partial charge in [-0.25, -0.2) is 4.98 Å². The number of nitrogens with zero attached hydrogens (tertiary/aromatic N) is 1. The van der Waals surface area contributed by atoms with E-state index in [4.69, 9.17) is 22.1 Å². The highest BCUT2D eigenvalue weighted by Gasteiger charge is 2.06. The first-order chi connectivity index (χ1) is 9.10. The number of ether oxygens (including phenoxy) is 1. The van der Waals surface area contributed by atoms with Crippen molar-refractivity contribution < 1.29 is 14.3 Å². The first kappa shape index (κ1) is 13.0. The molecule has 0 saturated carbocycles. The maximum Gasteiger partial charge on any atom is 0.267 e. The normalized spacial score (nSPS) is 9.95. The average Bonchev–Trinajstić information content (AvgIpc) is 2.41. The van der Waals surface area contributed by atoms with Crippen LogP contribution in [0.25, 0.3) is 0 Å². The maximum atomic E-state index is 10.9. The van der Waals surface area contributed by atoms with Gasteiger partial charge in [-0.15, -0.1) is 0 Å². The van der Waals surface area contributed by atoms with Crippen molar-refractivity contribution >= 4 is 23.8 Å². The summed E-state index contributed by atoms with van der Waals surface area (Å²) >= 11 is 5.96. The van der Waals surface area contributed by atoms with Crippen molar-refractivity contribution in [2.24, 2.45) is 5.73 Å². The molecule has 6 heteroatoms. The molecule has 0 bridgehead atoms. The standard InChI is InChI=1S/C13H9ClN2O3/c14-10-5-8(7-17)1-4-12(10)19-9-2-3-11(13(15)18)16-6-9/h1-7H,(H2,15,18). The van der Waals surface area contributed by atoms with Crippen molar-refractivity contribution in [2.75, 3.05) is 0 Å². The molecule has 0 spiro atoms. The van der Waals surface area contributed by atoms with Gasteiger partial charge in [-0.1, -0.05) is 11.6 Å². The predicted octanol–water partition coefficient (Wildman–Crippen LogP) is 2.44. The summed E-state index contributed by atoms with van der Waals surface area (Å²) in [7, 11) is 0. The quantitative estimate of drug-likeness (QED) is 0.870. The second-order valence-corrected chi connectivity index (χ2v) is 4.06. The highest BCUT2D eigenvalue weighted by atomic mass is 35.5. The Morgan fingerprint density at radius 1 is 1.32 bits per heavy atom. The fourth-order valence-electron chi connectivity index (χ4n) is 1.39. The second-order valence-electron chi connectivity index (χ2n) is 3.65. The van der Waals surface area contributed by atoms with E-state index >= 15 is 0 Å². The number of primary amides is 1. The third-order valence-electron chi connectivity index (χ3n) is 2.31. The van der Waals surface area contributed by atoms with Crippen LogP contribution in [0.5, 0.6) is 11.5 Å². The molecule has 1 aromatic heterocycles. The second kappa shape index (κ2) is 5.49. The highest BCUT2D eigenvalue weighted by Crippen LogP contribution is 2.29. The van der Waals surface area contributed by atoms with Gasteiger partial charge in [-0.05, 0) is 30.3 Å². The summed E-state index contributed by atoms with van der Waals surface area (Å²) in [5.41, 5.74) is 5.68. The van der Waals surface area contributed by atoms with E-state index in [1.54, 1.807) is 18.2 Å². The Labute approximate surface area is 114 Å². The van der Waals surface area contributed by atoms with Gasteiger partial charge in [0.2, 0.25) is 0 Å². The number of aldehydes is 1. The van der Waals surface area contributed by atoms with Crippen LogP contribution in [0.2, 0.25) is 5.02 Å². The van der Waals surface area contributed by atoms with Gasteiger partial charge in [0.25, 0.3) is 5.91 Å². The maximum absolute atomic E-state index is 10.9. The number of benzene rings is 1. The van der Waals surface area contributed by atoms with Crippen LogP contribution in [0.15, 0.2) is 36.5 Å². The lowest BCUT2D eigenvalue weighted by Gasteiger charge is -2.07. The van der Waals surface area contributed by atoms with Crippen molar-refractivity contribution in [1.29, 1.82) is 0 Å². The summed E-state index contributed by atoms with van der Waals surface area (Å²) in [5, 5.41) is 0.309. The first-order valence-electron chi connectivity index (χ1n) is 5.28. The van der Waals surface area contributed by atoms with E-state index in [2.05, 4.69) is 4.98 Å². The van der Waals surface area contributed by atoms with E-state index in [0.29, 0.717) is 28.4 Å². The van der Waals surface area contributed by atoms with E-state index < -0.39 is 5.91 Å².